The van der Waals surface area contributed by atoms with E-state index in [4.69, 9.17) is 9.57 Å². The molecular formula is C18H13NO4. The number of methoxy groups -OCH3 is 1. The Hall–Kier alpha value is -3.10. The molecule has 5 nitrogen and oxygen atoms in total. The fourth-order valence-electron chi connectivity index (χ4n) is 2.22. The number of amides is 2. The Bertz CT molecular complexity index is 797. The Morgan fingerprint density at radius 3 is 2.35 bits per heavy atom. The Morgan fingerprint density at radius 2 is 1.70 bits per heavy atom. The molecule has 0 saturated carbocycles. The average Bonchev–Trinajstić information content (AvgIpc) is 2.84. The number of hydrogen-bond donors (Lipinski definition) is 0. The minimum atomic E-state index is -0.464. The van der Waals surface area contributed by atoms with Gasteiger partial charge in [-0.25, -0.2) is 4.84 Å². The molecule has 23 heavy (non-hydrogen) atoms. The number of hydroxylamine groups is 2. The third-order valence-corrected chi connectivity index (χ3v) is 3.33. The van der Waals surface area contributed by atoms with Gasteiger partial charge in [-0.2, -0.15) is 0 Å². The number of benzene rings is 2. The van der Waals surface area contributed by atoms with Crippen molar-refractivity contribution in [3.8, 4) is 17.6 Å². The van der Waals surface area contributed by atoms with Crippen LogP contribution in [0.25, 0.3) is 0 Å². The van der Waals surface area contributed by atoms with Crippen LogP contribution in [-0.4, -0.2) is 30.6 Å². The summed E-state index contributed by atoms with van der Waals surface area (Å²) in [5.74, 6) is 5.44. The van der Waals surface area contributed by atoms with Crippen LogP contribution in [0.5, 0.6) is 5.75 Å². The van der Waals surface area contributed by atoms with E-state index in [-0.39, 0.29) is 6.61 Å². The van der Waals surface area contributed by atoms with Crippen LogP contribution in [0.1, 0.15) is 26.3 Å². The van der Waals surface area contributed by atoms with Crippen molar-refractivity contribution in [2.45, 2.75) is 0 Å². The topological polar surface area (TPSA) is 55.8 Å². The summed E-state index contributed by atoms with van der Waals surface area (Å²) in [6.45, 7) is -0.0668. The first-order valence-corrected chi connectivity index (χ1v) is 6.94. The summed E-state index contributed by atoms with van der Waals surface area (Å²) >= 11 is 0. The molecule has 0 unspecified atom stereocenters. The molecule has 2 aromatic carbocycles. The molecule has 1 heterocycles. The lowest BCUT2D eigenvalue weighted by atomic mass is 10.1. The lowest BCUT2D eigenvalue weighted by molar-refractivity contribution is -0.0782. The van der Waals surface area contributed by atoms with Crippen LogP contribution in [0.15, 0.2) is 48.5 Å². The second-order valence-corrected chi connectivity index (χ2v) is 4.76. The molecule has 0 aromatic heterocycles. The van der Waals surface area contributed by atoms with Crippen molar-refractivity contribution >= 4 is 11.8 Å². The molecule has 0 bridgehead atoms. The summed E-state index contributed by atoms with van der Waals surface area (Å²) in [4.78, 5) is 29.4. The fraction of sp³-hybridized carbons (Fsp3) is 0.111. The van der Waals surface area contributed by atoms with Crippen LogP contribution < -0.4 is 4.74 Å². The van der Waals surface area contributed by atoms with E-state index in [0.717, 1.165) is 10.6 Å². The quantitative estimate of drug-likeness (QED) is 0.645. The molecule has 5 heteroatoms. The summed E-state index contributed by atoms with van der Waals surface area (Å²) < 4.78 is 5.11. The molecule has 114 valence electrons. The highest BCUT2D eigenvalue weighted by Crippen LogP contribution is 2.22. The molecule has 2 amide bonds. The Kier molecular flexibility index (Phi) is 4.09. The van der Waals surface area contributed by atoms with Crippen LogP contribution in [0, 0.1) is 11.8 Å². The molecular weight excluding hydrogens is 294 g/mol. The Labute approximate surface area is 133 Å². The lowest BCUT2D eigenvalue weighted by Crippen LogP contribution is -2.30. The largest absolute Gasteiger partial charge is 0.497 e. The van der Waals surface area contributed by atoms with Crippen molar-refractivity contribution < 1.29 is 19.2 Å². The molecule has 1 aliphatic rings. The third kappa shape index (κ3) is 2.93. The minimum absolute atomic E-state index is 0.0668. The molecule has 0 N–H and O–H groups in total. The number of carbonyl (C=O) groups excluding carboxylic acids is 2. The maximum atomic E-state index is 12.1. The van der Waals surface area contributed by atoms with Gasteiger partial charge < -0.3 is 4.74 Å². The lowest BCUT2D eigenvalue weighted by Gasteiger charge is -2.10. The van der Waals surface area contributed by atoms with Crippen LogP contribution >= 0.6 is 0 Å². The number of ether oxygens (including phenoxy) is 1. The van der Waals surface area contributed by atoms with Gasteiger partial charge in [-0.3, -0.25) is 9.59 Å². The van der Waals surface area contributed by atoms with E-state index in [1.807, 2.05) is 18.2 Å². The summed E-state index contributed by atoms with van der Waals surface area (Å²) in [7, 11) is 1.58. The van der Waals surface area contributed by atoms with Crippen LogP contribution in [0.2, 0.25) is 0 Å². The van der Waals surface area contributed by atoms with E-state index in [9.17, 15) is 9.59 Å². The number of rotatable bonds is 3. The van der Waals surface area contributed by atoms with E-state index in [1.54, 1.807) is 37.4 Å². The fourth-order valence-corrected chi connectivity index (χ4v) is 2.22. The summed E-state index contributed by atoms with van der Waals surface area (Å²) in [6.07, 6.45) is 0. The molecule has 0 fully saturated rings. The predicted molar refractivity (Wildman–Crippen MR) is 82.8 cm³/mol. The summed E-state index contributed by atoms with van der Waals surface area (Å²) in [6, 6.07) is 13.9. The van der Waals surface area contributed by atoms with Gasteiger partial charge in [-0.1, -0.05) is 30.0 Å². The van der Waals surface area contributed by atoms with Crippen molar-refractivity contribution in [3.05, 3.63) is 65.2 Å². The zero-order chi connectivity index (χ0) is 16.2. The molecule has 3 rings (SSSR count). The van der Waals surface area contributed by atoms with Gasteiger partial charge in [0.05, 0.1) is 18.2 Å². The van der Waals surface area contributed by atoms with Gasteiger partial charge in [-0.15, -0.1) is 5.06 Å². The number of nitrogens with zero attached hydrogens (tertiary/aromatic N) is 1. The predicted octanol–water partition coefficient (Wildman–Crippen LogP) is 2.27. The second kappa shape index (κ2) is 6.34. The zero-order valence-corrected chi connectivity index (χ0v) is 12.4. The normalized spacial score (nSPS) is 12.7. The monoisotopic (exact) mass is 307 g/mol. The Balaban J connectivity index is 1.65. The average molecular weight is 307 g/mol. The molecule has 2 aromatic rings. The SMILES string of the molecule is COc1cccc(C#CCON2C(=O)c3ccccc3C2=O)c1. The first-order valence-electron chi connectivity index (χ1n) is 6.94. The van der Waals surface area contributed by atoms with Crippen molar-refractivity contribution in [3.63, 3.8) is 0 Å². The summed E-state index contributed by atoms with van der Waals surface area (Å²) in [5.41, 5.74) is 1.45. The van der Waals surface area contributed by atoms with Gasteiger partial charge in [-0.05, 0) is 30.3 Å². The first-order chi connectivity index (χ1) is 11.2. The van der Waals surface area contributed by atoms with E-state index in [2.05, 4.69) is 11.8 Å². The second-order valence-electron chi connectivity index (χ2n) is 4.76. The van der Waals surface area contributed by atoms with Gasteiger partial charge in [0.1, 0.15) is 12.4 Å². The van der Waals surface area contributed by atoms with Crippen LogP contribution in [0.4, 0.5) is 0 Å². The molecule has 0 aliphatic carbocycles. The maximum absolute atomic E-state index is 12.1. The van der Waals surface area contributed by atoms with Crippen LogP contribution in [0.3, 0.4) is 0 Å². The van der Waals surface area contributed by atoms with E-state index >= 15 is 0 Å². The Morgan fingerprint density at radius 1 is 1.00 bits per heavy atom. The highest BCUT2D eigenvalue weighted by Gasteiger charge is 2.36. The number of imide groups is 1. The molecule has 0 atom stereocenters. The van der Waals surface area contributed by atoms with Gasteiger partial charge in [0.2, 0.25) is 0 Å². The van der Waals surface area contributed by atoms with Crippen molar-refractivity contribution in [1.82, 2.24) is 5.06 Å². The van der Waals surface area contributed by atoms with Gasteiger partial charge in [0.25, 0.3) is 11.8 Å². The van der Waals surface area contributed by atoms with Crippen molar-refractivity contribution in [2.75, 3.05) is 13.7 Å². The molecule has 0 saturated heterocycles. The number of fused-ring (bicyclic) bond motifs is 1. The molecule has 1 aliphatic heterocycles. The van der Waals surface area contributed by atoms with Crippen molar-refractivity contribution in [1.29, 1.82) is 0 Å². The number of hydrogen-bond acceptors (Lipinski definition) is 4. The standard InChI is InChI=1S/C18H13NO4/c1-22-14-8-4-6-13(12-14)7-5-11-23-19-17(20)15-9-2-3-10-16(15)18(19)21/h2-4,6,8-10,12H,11H2,1H3. The molecule has 0 radical (unpaired) electrons. The zero-order valence-electron chi connectivity index (χ0n) is 12.4. The minimum Gasteiger partial charge on any atom is -0.497 e. The van der Waals surface area contributed by atoms with E-state index in [0.29, 0.717) is 16.9 Å². The first kappa shape index (κ1) is 14.8. The van der Waals surface area contributed by atoms with Crippen LogP contribution in [-0.2, 0) is 4.84 Å². The van der Waals surface area contributed by atoms with Gasteiger partial charge >= 0.3 is 0 Å². The highest BCUT2D eigenvalue weighted by atomic mass is 16.7. The smallest absolute Gasteiger partial charge is 0.285 e. The van der Waals surface area contributed by atoms with Gasteiger partial charge in [0, 0.05) is 5.56 Å². The van der Waals surface area contributed by atoms with Gasteiger partial charge in [0.15, 0.2) is 0 Å². The van der Waals surface area contributed by atoms with E-state index in [1.165, 1.54) is 0 Å². The highest BCUT2D eigenvalue weighted by molar-refractivity contribution is 6.20. The molecule has 0 spiro atoms. The third-order valence-electron chi connectivity index (χ3n) is 3.33. The van der Waals surface area contributed by atoms with Crippen molar-refractivity contribution in [2.24, 2.45) is 0 Å². The number of carbonyl (C=O) groups is 2. The van der Waals surface area contributed by atoms with E-state index < -0.39 is 11.8 Å². The maximum Gasteiger partial charge on any atom is 0.285 e. The summed E-state index contributed by atoms with van der Waals surface area (Å²) in [5, 5.41) is 0.755.